The molecule has 1 aliphatic heterocycles. The Balaban J connectivity index is 1.39. The van der Waals surface area contributed by atoms with Gasteiger partial charge in [-0.3, -0.25) is 19.2 Å². The lowest BCUT2D eigenvalue weighted by Crippen LogP contribution is -2.82. The van der Waals surface area contributed by atoms with Crippen LogP contribution in [0.1, 0.15) is 93.0 Å². The lowest BCUT2D eigenvalue weighted by atomic mass is 9.44. The predicted octanol–water partition coefficient (Wildman–Crippen LogP) is 4.62. The van der Waals surface area contributed by atoms with E-state index >= 15 is 4.79 Å². The van der Waals surface area contributed by atoms with Crippen molar-refractivity contribution < 1.29 is 67.8 Å². The quantitative estimate of drug-likeness (QED) is 0.104. The third kappa shape index (κ3) is 7.36. The van der Waals surface area contributed by atoms with E-state index in [0.29, 0.717) is 11.1 Å². The van der Waals surface area contributed by atoms with Crippen LogP contribution in [0.25, 0.3) is 0 Å². The number of carbonyl (C=O) groups excluding carboxylic acids is 6. The fourth-order valence-electron chi connectivity index (χ4n) is 10.4. The number of benzene rings is 3. The summed E-state index contributed by atoms with van der Waals surface area (Å²) in [4.78, 5) is 83.6. The summed E-state index contributed by atoms with van der Waals surface area (Å²) in [5, 5.41) is 37.6. The van der Waals surface area contributed by atoms with Crippen molar-refractivity contribution in [3.05, 3.63) is 119 Å². The average molecular weight is 853 g/mol. The van der Waals surface area contributed by atoms with Gasteiger partial charge in [-0.1, -0.05) is 92.7 Å². The number of ketones is 2. The second-order valence-electron chi connectivity index (χ2n) is 17.6. The minimum atomic E-state index is -2.38. The van der Waals surface area contributed by atoms with E-state index in [9.17, 15) is 39.3 Å². The van der Waals surface area contributed by atoms with Gasteiger partial charge < -0.3 is 39.0 Å². The highest BCUT2D eigenvalue weighted by Gasteiger charge is 2.78. The molecule has 0 unspecified atom stereocenters. The van der Waals surface area contributed by atoms with Crippen molar-refractivity contribution in [1.29, 1.82) is 0 Å². The molecule has 328 valence electrons. The number of hydrogen-bond acceptors (Lipinski definition) is 14. The van der Waals surface area contributed by atoms with Crippen molar-refractivity contribution >= 4 is 35.4 Å². The summed E-state index contributed by atoms with van der Waals surface area (Å²) in [5.74, 6) is -7.57. The van der Waals surface area contributed by atoms with E-state index in [1.165, 1.54) is 26.0 Å². The van der Waals surface area contributed by atoms with E-state index in [4.69, 9.17) is 23.7 Å². The maximum absolute atomic E-state index is 15.5. The summed E-state index contributed by atoms with van der Waals surface area (Å²) in [6.07, 6.45) is -10.6. The van der Waals surface area contributed by atoms with Crippen molar-refractivity contribution in [1.82, 2.24) is 0 Å². The van der Waals surface area contributed by atoms with E-state index in [1.54, 1.807) is 92.7 Å². The van der Waals surface area contributed by atoms with Gasteiger partial charge in [0, 0.05) is 50.0 Å². The maximum Gasteiger partial charge on any atom is 0.338 e. The molecule has 2 bridgehead atoms. The number of fused-ring (bicyclic) bond motifs is 5. The molecule has 0 spiro atoms. The molecule has 3 aliphatic carbocycles. The lowest BCUT2D eigenvalue weighted by Gasteiger charge is -2.67. The molecule has 3 N–H and O–H groups in total. The smallest absolute Gasteiger partial charge is 0.338 e. The summed E-state index contributed by atoms with van der Waals surface area (Å²) in [6, 6.07) is 24.8. The second-order valence-corrected chi connectivity index (χ2v) is 17.6. The largest absolute Gasteiger partial charge is 0.456 e. The second kappa shape index (κ2) is 16.6. The number of aliphatic hydroxyl groups is 3. The van der Waals surface area contributed by atoms with Crippen LogP contribution in [0.15, 0.2) is 102 Å². The first-order valence-electron chi connectivity index (χ1n) is 20.7. The average Bonchev–Trinajstić information content (AvgIpc) is 3.24. The van der Waals surface area contributed by atoms with Crippen LogP contribution in [0.4, 0.5) is 0 Å². The number of Topliss-reactive ketones (excluding diaryl/α,β-unsaturated/α-hetero) is 2. The first-order valence-corrected chi connectivity index (χ1v) is 20.7. The standard InChI is InChI=1S/C48H52O14/c1-26-34(60-44(56)38(53)32(29-16-10-7-11-17-29)22-33(51)30-18-12-8-13-19-30)24-48(57)42(61-43(55)31-20-14-9-15-21-31)40-46(6,35(52)23-36-47(40,25-58-36)62-28(3)50)41(54)39(59-27(2)49)37(26)45(48,4)5/h7-21,32,34-36,38-40,42,52-53,57H,22-25H2,1-6H3/t32-,34-,35-,36+,38+,39+,40-,42-,46+,47-,48+/m0/s1. The molecule has 1 heterocycles. The van der Waals surface area contributed by atoms with Crippen molar-refractivity contribution in [2.45, 2.75) is 115 Å². The van der Waals surface area contributed by atoms with Gasteiger partial charge in [0.05, 0.1) is 29.6 Å². The Labute approximate surface area is 359 Å². The van der Waals surface area contributed by atoms with Crippen LogP contribution >= 0.6 is 0 Å². The van der Waals surface area contributed by atoms with Crippen molar-refractivity contribution in [3.63, 3.8) is 0 Å². The van der Waals surface area contributed by atoms with Gasteiger partial charge in [0.2, 0.25) is 0 Å². The summed E-state index contributed by atoms with van der Waals surface area (Å²) < 4.78 is 30.3. The SMILES string of the molecule is CC(=O)O[C@H]1C(=O)[C@@]2(C)[C@H]([C@H](OC(=O)c3ccccc3)[C@]3(O)C[C@H](OC(=O)[C@H](O)[C@@H](CC(=O)c4ccccc4)c4ccccc4)C(C)=C1C3(C)C)[C@]1(OC(C)=O)CO[C@@H]1C[C@@H]2O. The molecule has 0 aromatic heterocycles. The molecule has 62 heavy (non-hydrogen) atoms. The summed E-state index contributed by atoms with van der Waals surface area (Å²) in [5.41, 5.74) is -6.71. The van der Waals surface area contributed by atoms with E-state index in [2.05, 4.69) is 0 Å². The minimum Gasteiger partial charge on any atom is -0.456 e. The van der Waals surface area contributed by atoms with Crippen LogP contribution in [-0.4, -0.2) is 105 Å². The Morgan fingerprint density at radius 3 is 1.95 bits per heavy atom. The van der Waals surface area contributed by atoms with Crippen LogP contribution in [-0.2, 0) is 42.9 Å². The Morgan fingerprint density at radius 2 is 1.40 bits per heavy atom. The molecule has 3 aromatic carbocycles. The van der Waals surface area contributed by atoms with Gasteiger partial charge in [-0.2, -0.15) is 0 Å². The Kier molecular flexibility index (Phi) is 11.9. The molecule has 4 aliphatic rings. The molecular formula is C48H52O14. The molecule has 0 radical (unpaired) electrons. The Hall–Kier alpha value is -5.54. The van der Waals surface area contributed by atoms with Crippen LogP contribution in [0.3, 0.4) is 0 Å². The maximum atomic E-state index is 15.5. The fourth-order valence-corrected chi connectivity index (χ4v) is 10.4. The Bertz CT molecular complexity index is 2270. The van der Waals surface area contributed by atoms with Gasteiger partial charge in [-0.25, -0.2) is 9.59 Å². The molecule has 1 saturated heterocycles. The van der Waals surface area contributed by atoms with Gasteiger partial charge in [0.25, 0.3) is 0 Å². The zero-order valence-corrected chi connectivity index (χ0v) is 35.4. The molecule has 14 heteroatoms. The number of carbonyl (C=O) groups is 6. The highest BCUT2D eigenvalue weighted by molar-refractivity contribution is 5.97. The van der Waals surface area contributed by atoms with E-state index in [1.807, 2.05) is 0 Å². The summed E-state index contributed by atoms with van der Waals surface area (Å²) >= 11 is 0. The number of hydrogen-bond donors (Lipinski definition) is 3. The normalized spacial score (nSPS) is 31.9. The van der Waals surface area contributed by atoms with E-state index in [-0.39, 0.29) is 41.9 Å². The zero-order chi connectivity index (χ0) is 44.9. The summed E-state index contributed by atoms with van der Waals surface area (Å²) in [6.45, 7) is 8.04. The molecule has 7 rings (SSSR count). The number of rotatable bonds is 11. The van der Waals surface area contributed by atoms with Crippen LogP contribution in [0.2, 0.25) is 0 Å². The number of esters is 4. The highest BCUT2D eigenvalue weighted by atomic mass is 16.6. The topological polar surface area (TPSA) is 209 Å². The molecule has 11 atom stereocenters. The van der Waals surface area contributed by atoms with Crippen molar-refractivity contribution in [3.8, 4) is 0 Å². The molecule has 2 saturated carbocycles. The van der Waals surface area contributed by atoms with Gasteiger partial charge in [-0.05, 0) is 42.7 Å². The molecule has 14 nitrogen and oxygen atoms in total. The number of ether oxygens (including phenoxy) is 5. The van der Waals surface area contributed by atoms with Crippen molar-refractivity contribution in [2.24, 2.45) is 16.7 Å². The highest BCUT2D eigenvalue weighted by Crippen LogP contribution is 2.64. The van der Waals surface area contributed by atoms with Crippen LogP contribution < -0.4 is 0 Å². The van der Waals surface area contributed by atoms with Crippen LogP contribution in [0.5, 0.6) is 0 Å². The first kappa shape index (κ1) is 44.5. The summed E-state index contributed by atoms with van der Waals surface area (Å²) in [7, 11) is 0. The minimum absolute atomic E-state index is 0.0127. The first-order chi connectivity index (χ1) is 29.3. The van der Waals surface area contributed by atoms with Gasteiger partial charge in [0.15, 0.2) is 29.4 Å². The van der Waals surface area contributed by atoms with E-state index in [0.717, 1.165) is 13.8 Å². The predicted molar refractivity (Wildman–Crippen MR) is 219 cm³/mol. The molecule has 3 aromatic rings. The van der Waals surface area contributed by atoms with Crippen LogP contribution in [0, 0.1) is 16.7 Å². The van der Waals surface area contributed by atoms with E-state index < -0.39 is 107 Å². The van der Waals surface area contributed by atoms with Gasteiger partial charge in [0.1, 0.15) is 23.9 Å². The van der Waals surface area contributed by atoms with Gasteiger partial charge in [-0.15, -0.1) is 0 Å². The van der Waals surface area contributed by atoms with Crippen molar-refractivity contribution in [2.75, 3.05) is 6.61 Å². The molecule has 0 amide bonds. The van der Waals surface area contributed by atoms with Gasteiger partial charge >= 0.3 is 23.9 Å². The monoisotopic (exact) mass is 852 g/mol. The number of aliphatic hydroxyl groups excluding tert-OH is 2. The molecular weight excluding hydrogens is 801 g/mol. The third-order valence-corrected chi connectivity index (χ3v) is 13.8. The Morgan fingerprint density at radius 1 is 0.823 bits per heavy atom. The fraction of sp³-hybridized carbons (Fsp3) is 0.458. The molecule has 3 fully saturated rings. The lowest BCUT2D eigenvalue weighted by molar-refractivity contribution is -0.346. The third-order valence-electron chi connectivity index (χ3n) is 13.8. The zero-order valence-electron chi connectivity index (χ0n) is 35.4.